The van der Waals surface area contributed by atoms with Gasteiger partial charge >= 0.3 is 0 Å². The molecule has 0 bridgehead atoms. The van der Waals surface area contributed by atoms with E-state index >= 15 is 0 Å². The van der Waals surface area contributed by atoms with E-state index in [1.807, 2.05) is 18.2 Å². The summed E-state index contributed by atoms with van der Waals surface area (Å²) in [6, 6.07) is 9.39. The van der Waals surface area contributed by atoms with Crippen molar-refractivity contribution in [1.82, 2.24) is 15.3 Å². The van der Waals surface area contributed by atoms with Crippen molar-refractivity contribution in [2.24, 2.45) is 0 Å². The molecule has 2 aliphatic heterocycles. The van der Waals surface area contributed by atoms with E-state index in [4.69, 9.17) is 0 Å². The minimum absolute atomic E-state index is 0.104. The molecule has 2 aromatic carbocycles. The van der Waals surface area contributed by atoms with Crippen LogP contribution in [0.4, 0.5) is 26.0 Å². The fraction of sp³-hybridized carbons (Fsp3) is 0.150. The molecule has 3 aromatic rings. The predicted molar refractivity (Wildman–Crippen MR) is 100 cm³/mol. The van der Waals surface area contributed by atoms with Crippen molar-refractivity contribution >= 4 is 23.1 Å². The standard InChI is InChI=1S/C20H15F2N5O/c21-12-2-1-3-13(22)16(12)18-26-15-9-24-20(28)17(15)19(27-18)25-11-5-4-10-6-7-23-14(10)8-11/h1-5,8,23H,6-7,9H2,(H,24,28)(H,25,26,27). The van der Waals surface area contributed by atoms with Gasteiger partial charge in [-0.3, -0.25) is 4.79 Å². The van der Waals surface area contributed by atoms with Gasteiger partial charge in [-0.15, -0.1) is 0 Å². The van der Waals surface area contributed by atoms with Gasteiger partial charge in [0.15, 0.2) is 5.82 Å². The van der Waals surface area contributed by atoms with Crippen LogP contribution in [0.2, 0.25) is 0 Å². The van der Waals surface area contributed by atoms with E-state index in [1.54, 1.807) is 0 Å². The number of aromatic nitrogens is 2. The van der Waals surface area contributed by atoms with Gasteiger partial charge in [-0.25, -0.2) is 18.7 Å². The molecule has 1 amide bonds. The van der Waals surface area contributed by atoms with E-state index < -0.39 is 11.6 Å². The average molecular weight is 379 g/mol. The minimum Gasteiger partial charge on any atom is -0.384 e. The Bertz CT molecular complexity index is 1110. The second-order valence-corrected chi connectivity index (χ2v) is 6.67. The summed E-state index contributed by atoms with van der Waals surface area (Å²) in [4.78, 5) is 20.8. The summed E-state index contributed by atoms with van der Waals surface area (Å²) in [6.07, 6.45) is 0.956. The number of hydrogen-bond acceptors (Lipinski definition) is 5. The average Bonchev–Trinajstić information content (AvgIpc) is 3.28. The lowest BCUT2D eigenvalue weighted by Crippen LogP contribution is -2.14. The van der Waals surface area contributed by atoms with E-state index in [2.05, 4.69) is 25.9 Å². The molecular weight excluding hydrogens is 364 g/mol. The quantitative estimate of drug-likeness (QED) is 0.650. The summed E-state index contributed by atoms with van der Waals surface area (Å²) in [5, 5.41) is 9.08. The van der Waals surface area contributed by atoms with Crippen LogP contribution in [0.15, 0.2) is 36.4 Å². The lowest BCUT2D eigenvalue weighted by Gasteiger charge is -2.13. The van der Waals surface area contributed by atoms with Crippen LogP contribution in [0.5, 0.6) is 0 Å². The van der Waals surface area contributed by atoms with Crippen LogP contribution in [0.1, 0.15) is 21.6 Å². The topological polar surface area (TPSA) is 78.9 Å². The van der Waals surface area contributed by atoms with Crippen molar-refractivity contribution in [3.63, 3.8) is 0 Å². The van der Waals surface area contributed by atoms with Gasteiger partial charge in [0.25, 0.3) is 5.91 Å². The maximum absolute atomic E-state index is 14.2. The van der Waals surface area contributed by atoms with Gasteiger partial charge in [0.1, 0.15) is 23.0 Å². The molecule has 6 nitrogen and oxygen atoms in total. The Hall–Kier alpha value is -3.55. The molecule has 0 atom stereocenters. The van der Waals surface area contributed by atoms with E-state index in [0.717, 1.165) is 30.8 Å². The third-order valence-electron chi connectivity index (χ3n) is 4.90. The number of nitrogens with zero attached hydrogens (tertiary/aromatic N) is 2. The van der Waals surface area contributed by atoms with Gasteiger partial charge < -0.3 is 16.0 Å². The number of halogens is 2. The van der Waals surface area contributed by atoms with Crippen molar-refractivity contribution in [2.75, 3.05) is 17.2 Å². The second-order valence-electron chi connectivity index (χ2n) is 6.67. The smallest absolute Gasteiger partial charge is 0.257 e. The molecule has 3 N–H and O–H groups in total. The normalized spacial score (nSPS) is 14.3. The molecule has 1 aromatic heterocycles. The highest BCUT2D eigenvalue weighted by Gasteiger charge is 2.28. The molecule has 0 spiro atoms. The van der Waals surface area contributed by atoms with Crippen LogP contribution in [0.3, 0.4) is 0 Å². The first kappa shape index (κ1) is 16.6. The van der Waals surface area contributed by atoms with Crippen LogP contribution in [0, 0.1) is 11.6 Å². The number of amides is 1. The Kier molecular flexibility index (Phi) is 3.71. The number of carbonyl (C=O) groups excluding carboxylic acids is 1. The summed E-state index contributed by atoms with van der Waals surface area (Å²) >= 11 is 0. The largest absolute Gasteiger partial charge is 0.384 e. The van der Waals surface area contributed by atoms with Gasteiger partial charge in [-0.05, 0) is 36.2 Å². The summed E-state index contributed by atoms with van der Waals surface area (Å²) < 4.78 is 28.5. The maximum Gasteiger partial charge on any atom is 0.257 e. The third-order valence-corrected chi connectivity index (χ3v) is 4.90. The lowest BCUT2D eigenvalue weighted by atomic mass is 10.1. The lowest BCUT2D eigenvalue weighted by molar-refractivity contribution is 0.0966. The number of carbonyl (C=O) groups is 1. The van der Waals surface area contributed by atoms with Gasteiger partial charge in [-0.1, -0.05) is 12.1 Å². The predicted octanol–water partition coefficient (Wildman–Crippen LogP) is 3.38. The maximum atomic E-state index is 14.2. The first-order valence-corrected chi connectivity index (χ1v) is 8.87. The molecule has 2 aliphatic rings. The first-order chi connectivity index (χ1) is 13.6. The van der Waals surface area contributed by atoms with Crippen molar-refractivity contribution in [3.8, 4) is 11.4 Å². The zero-order valence-electron chi connectivity index (χ0n) is 14.6. The van der Waals surface area contributed by atoms with Crippen molar-refractivity contribution < 1.29 is 13.6 Å². The summed E-state index contributed by atoms with van der Waals surface area (Å²) in [7, 11) is 0. The molecule has 0 fully saturated rings. The van der Waals surface area contributed by atoms with E-state index in [9.17, 15) is 13.6 Å². The van der Waals surface area contributed by atoms with Crippen molar-refractivity contribution in [3.05, 3.63) is 64.9 Å². The highest BCUT2D eigenvalue weighted by atomic mass is 19.1. The van der Waals surface area contributed by atoms with E-state index in [1.165, 1.54) is 11.6 Å². The van der Waals surface area contributed by atoms with Gasteiger partial charge in [-0.2, -0.15) is 0 Å². The van der Waals surface area contributed by atoms with Crippen molar-refractivity contribution in [2.45, 2.75) is 13.0 Å². The molecule has 8 heteroatoms. The third kappa shape index (κ3) is 2.65. The summed E-state index contributed by atoms with van der Waals surface area (Å²) in [5.74, 6) is -1.73. The Morgan fingerprint density at radius 2 is 1.82 bits per heavy atom. The SMILES string of the molecule is O=C1NCc2nc(-c3c(F)cccc3F)nc(Nc3ccc4c(c3)NCC4)c21. The van der Waals surface area contributed by atoms with E-state index in [0.29, 0.717) is 11.4 Å². The van der Waals surface area contributed by atoms with Crippen LogP contribution >= 0.6 is 0 Å². The monoisotopic (exact) mass is 379 g/mol. The van der Waals surface area contributed by atoms with Gasteiger partial charge in [0, 0.05) is 17.9 Å². The van der Waals surface area contributed by atoms with Crippen LogP contribution in [0.25, 0.3) is 11.4 Å². The van der Waals surface area contributed by atoms with E-state index in [-0.39, 0.29) is 35.2 Å². The highest BCUT2D eigenvalue weighted by Crippen LogP contribution is 2.32. The fourth-order valence-electron chi connectivity index (χ4n) is 3.55. The summed E-state index contributed by atoms with van der Waals surface area (Å²) in [6.45, 7) is 1.06. The first-order valence-electron chi connectivity index (χ1n) is 8.87. The Morgan fingerprint density at radius 1 is 1.00 bits per heavy atom. The number of rotatable bonds is 3. The molecule has 5 rings (SSSR count). The minimum atomic E-state index is -0.759. The van der Waals surface area contributed by atoms with Crippen LogP contribution in [-0.2, 0) is 13.0 Å². The number of anilines is 3. The molecule has 140 valence electrons. The Labute approximate surface area is 159 Å². The van der Waals surface area contributed by atoms with Crippen molar-refractivity contribution in [1.29, 1.82) is 0 Å². The number of benzene rings is 2. The number of hydrogen-bond donors (Lipinski definition) is 3. The second kappa shape index (κ2) is 6.26. The van der Waals surface area contributed by atoms with Gasteiger partial charge in [0.2, 0.25) is 0 Å². The number of nitrogens with one attached hydrogen (secondary N) is 3. The molecule has 28 heavy (non-hydrogen) atoms. The molecule has 0 unspecified atom stereocenters. The number of fused-ring (bicyclic) bond motifs is 2. The molecule has 3 heterocycles. The molecular formula is C20H15F2N5O. The molecule has 0 saturated heterocycles. The highest BCUT2D eigenvalue weighted by molar-refractivity contribution is 6.03. The Morgan fingerprint density at radius 3 is 2.64 bits per heavy atom. The van der Waals surface area contributed by atoms with Crippen LogP contribution in [-0.4, -0.2) is 22.4 Å². The molecule has 0 aliphatic carbocycles. The molecule has 0 radical (unpaired) electrons. The molecule has 0 saturated carbocycles. The zero-order chi connectivity index (χ0) is 19.3. The zero-order valence-corrected chi connectivity index (χ0v) is 14.6. The fourth-order valence-corrected chi connectivity index (χ4v) is 3.55. The van der Waals surface area contributed by atoms with Gasteiger partial charge in [0.05, 0.1) is 17.8 Å². The van der Waals surface area contributed by atoms with Crippen LogP contribution < -0.4 is 16.0 Å². The summed E-state index contributed by atoms with van der Waals surface area (Å²) in [5.41, 5.74) is 3.32. The Balaban J connectivity index is 1.63.